The van der Waals surface area contributed by atoms with E-state index in [9.17, 15) is 13.2 Å². The average molecular weight is 409 g/mol. The van der Waals surface area contributed by atoms with Crippen molar-refractivity contribution in [2.24, 2.45) is 0 Å². The quantitative estimate of drug-likeness (QED) is 0.822. The van der Waals surface area contributed by atoms with Crippen LogP contribution in [-0.4, -0.2) is 49.5 Å². The van der Waals surface area contributed by atoms with E-state index in [2.05, 4.69) is 10.3 Å². The summed E-state index contributed by atoms with van der Waals surface area (Å²) in [4.78, 5) is 19.9. The van der Waals surface area contributed by atoms with E-state index in [4.69, 9.17) is 0 Å². The van der Waals surface area contributed by atoms with Crippen molar-refractivity contribution in [2.75, 3.05) is 30.9 Å². The van der Waals surface area contributed by atoms with E-state index in [1.54, 1.807) is 19.9 Å². The molecule has 0 bridgehead atoms. The van der Waals surface area contributed by atoms with Gasteiger partial charge in [-0.3, -0.25) is 10.1 Å². The van der Waals surface area contributed by atoms with E-state index in [0.29, 0.717) is 30.2 Å². The van der Waals surface area contributed by atoms with Crippen molar-refractivity contribution in [3.05, 3.63) is 40.4 Å². The normalized spacial score (nSPS) is 14.9. The first kappa shape index (κ1) is 19.8. The van der Waals surface area contributed by atoms with Crippen LogP contribution in [0, 0.1) is 0 Å². The molecule has 0 spiro atoms. The summed E-state index contributed by atoms with van der Waals surface area (Å²) < 4.78 is 26.3. The van der Waals surface area contributed by atoms with Crippen LogP contribution in [-0.2, 0) is 23.0 Å². The largest absolute Gasteiger partial charge is 0.378 e. The number of thiazole rings is 1. The van der Waals surface area contributed by atoms with Crippen molar-refractivity contribution in [2.45, 2.75) is 32.1 Å². The van der Waals surface area contributed by atoms with Crippen molar-refractivity contribution < 1.29 is 13.2 Å². The smallest absolute Gasteiger partial charge is 0.257 e. The van der Waals surface area contributed by atoms with Crippen LogP contribution >= 0.6 is 11.3 Å². The molecule has 1 amide bonds. The number of amides is 1. The highest BCUT2D eigenvalue weighted by Gasteiger charge is 2.31. The van der Waals surface area contributed by atoms with E-state index in [1.165, 1.54) is 15.6 Å². The molecule has 1 N–H and O–H groups in total. The number of aromatic nitrogens is 1. The number of hydrogen-bond donors (Lipinski definition) is 1. The van der Waals surface area contributed by atoms with Crippen molar-refractivity contribution in [1.82, 2.24) is 9.29 Å². The minimum absolute atomic E-state index is 0.226. The van der Waals surface area contributed by atoms with E-state index >= 15 is 0 Å². The lowest BCUT2D eigenvalue weighted by Gasteiger charge is -2.26. The van der Waals surface area contributed by atoms with Crippen LogP contribution in [0.4, 0.5) is 10.8 Å². The summed E-state index contributed by atoms with van der Waals surface area (Å²) in [5.41, 5.74) is 2.36. The Morgan fingerprint density at radius 3 is 2.74 bits per heavy atom. The molecule has 0 atom stereocenters. The molecule has 1 aromatic carbocycles. The Hall–Kier alpha value is -1.97. The van der Waals surface area contributed by atoms with Gasteiger partial charge in [-0.1, -0.05) is 6.07 Å². The van der Waals surface area contributed by atoms with Gasteiger partial charge in [-0.25, -0.2) is 13.4 Å². The first-order valence-electron chi connectivity index (χ1n) is 8.74. The summed E-state index contributed by atoms with van der Waals surface area (Å²) in [6.45, 7) is 4.12. The predicted molar refractivity (Wildman–Crippen MR) is 109 cm³/mol. The summed E-state index contributed by atoms with van der Waals surface area (Å²) in [5, 5.41) is 2.89. The lowest BCUT2D eigenvalue weighted by atomic mass is 10.2. The average Bonchev–Trinajstić information content (AvgIpc) is 3.02. The Bertz CT molecular complexity index is 951. The number of hydrogen-bond acceptors (Lipinski definition) is 6. The lowest BCUT2D eigenvalue weighted by molar-refractivity contribution is 0.102. The standard InChI is InChI=1S/C18H24N4O3S2/c1-12(2)27(24,25)22-9-8-15-16(11-22)26-18(19-15)20-17(23)13-6-5-7-14(10-13)21(3)4/h5-7,10,12H,8-9,11H2,1-4H3,(H,19,20,23). The first-order chi connectivity index (χ1) is 12.7. The number of anilines is 2. The Kier molecular flexibility index (Phi) is 5.55. The monoisotopic (exact) mass is 408 g/mol. The Morgan fingerprint density at radius 1 is 1.33 bits per heavy atom. The molecule has 1 aliphatic heterocycles. The maximum atomic E-state index is 12.5. The second kappa shape index (κ2) is 7.57. The van der Waals surface area contributed by atoms with Gasteiger partial charge in [0.05, 0.1) is 10.9 Å². The van der Waals surface area contributed by atoms with Gasteiger partial charge in [0.2, 0.25) is 10.0 Å². The van der Waals surface area contributed by atoms with Gasteiger partial charge in [-0.2, -0.15) is 4.31 Å². The third-order valence-corrected chi connectivity index (χ3v) is 7.72. The molecule has 0 radical (unpaired) electrons. The molecular weight excluding hydrogens is 384 g/mol. The molecule has 3 rings (SSSR count). The molecule has 1 aromatic heterocycles. The van der Waals surface area contributed by atoms with Crippen molar-refractivity contribution in [3.63, 3.8) is 0 Å². The first-order valence-corrected chi connectivity index (χ1v) is 11.1. The minimum atomic E-state index is -3.29. The highest BCUT2D eigenvalue weighted by Crippen LogP contribution is 2.30. The summed E-state index contributed by atoms with van der Waals surface area (Å²) in [6.07, 6.45) is 0.559. The molecule has 0 saturated heterocycles. The molecule has 146 valence electrons. The van der Waals surface area contributed by atoms with E-state index in [-0.39, 0.29) is 5.91 Å². The van der Waals surface area contributed by atoms with E-state index < -0.39 is 15.3 Å². The number of fused-ring (bicyclic) bond motifs is 1. The Balaban J connectivity index is 1.75. The van der Waals surface area contributed by atoms with E-state index in [0.717, 1.165) is 16.3 Å². The van der Waals surface area contributed by atoms with Crippen LogP contribution in [0.2, 0.25) is 0 Å². The second-order valence-corrected chi connectivity index (χ2v) is 10.5. The maximum Gasteiger partial charge on any atom is 0.257 e. The van der Waals surface area contributed by atoms with Gasteiger partial charge in [-0.05, 0) is 32.0 Å². The predicted octanol–water partition coefficient (Wildman–Crippen LogP) is 2.56. The van der Waals surface area contributed by atoms with Crippen molar-refractivity contribution in [3.8, 4) is 0 Å². The fraction of sp³-hybridized carbons (Fsp3) is 0.444. The van der Waals surface area contributed by atoms with Gasteiger partial charge in [0.1, 0.15) is 0 Å². The molecule has 2 heterocycles. The van der Waals surface area contributed by atoms with Crippen LogP contribution in [0.15, 0.2) is 24.3 Å². The second-order valence-electron chi connectivity index (χ2n) is 6.97. The molecule has 27 heavy (non-hydrogen) atoms. The van der Waals surface area contributed by atoms with Crippen LogP contribution in [0.1, 0.15) is 34.8 Å². The topological polar surface area (TPSA) is 82.6 Å². The summed E-state index contributed by atoms with van der Waals surface area (Å²) >= 11 is 1.34. The molecule has 0 unspecified atom stereocenters. The summed E-state index contributed by atoms with van der Waals surface area (Å²) in [6, 6.07) is 7.35. The molecule has 0 fully saturated rings. The van der Waals surface area contributed by atoms with Crippen LogP contribution in [0.25, 0.3) is 0 Å². The SMILES string of the molecule is CC(C)S(=O)(=O)N1CCc2nc(NC(=O)c3cccc(N(C)C)c3)sc2C1. The fourth-order valence-corrected chi connectivity index (χ4v) is 5.19. The molecule has 0 aliphatic carbocycles. The maximum absolute atomic E-state index is 12.5. The number of benzene rings is 1. The molecule has 7 nitrogen and oxygen atoms in total. The van der Waals surface area contributed by atoms with Gasteiger partial charge in [0.15, 0.2) is 5.13 Å². The van der Waals surface area contributed by atoms with Gasteiger partial charge >= 0.3 is 0 Å². The van der Waals surface area contributed by atoms with Crippen molar-refractivity contribution in [1.29, 1.82) is 0 Å². The molecule has 2 aromatic rings. The highest BCUT2D eigenvalue weighted by atomic mass is 32.2. The number of nitrogens with zero attached hydrogens (tertiary/aromatic N) is 3. The third-order valence-electron chi connectivity index (χ3n) is 4.50. The lowest BCUT2D eigenvalue weighted by Crippen LogP contribution is -2.39. The third kappa shape index (κ3) is 4.15. The zero-order chi connectivity index (χ0) is 19.8. The fourth-order valence-electron chi connectivity index (χ4n) is 2.84. The number of nitrogens with one attached hydrogen (secondary N) is 1. The Morgan fingerprint density at radius 2 is 2.07 bits per heavy atom. The van der Waals surface area contributed by atoms with Crippen molar-refractivity contribution >= 4 is 38.1 Å². The molecule has 9 heteroatoms. The zero-order valence-electron chi connectivity index (χ0n) is 15.9. The number of carbonyl (C=O) groups is 1. The van der Waals surface area contributed by atoms with Gasteiger partial charge in [0, 0.05) is 49.7 Å². The Labute approximate surface area is 164 Å². The van der Waals surface area contributed by atoms with Gasteiger partial charge in [-0.15, -0.1) is 11.3 Å². The van der Waals surface area contributed by atoms with Crippen LogP contribution in [0.5, 0.6) is 0 Å². The molecular formula is C18H24N4O3S2. The number of rotatable bonds is 5. The summed E-state index contributed by atoms with van der Waals surface area (Å²) in [5.74, 6) is -0.226. The molecule has 0 saturated carbocycles. The van der Waals surface area contributed by atoms with E-state index in [1.807, 2.05) is 37.2 Å². The van der Waals surface area contributed by atoms with Crippen LogP contribution < -0.4 is 10.2 Å². The zero-order valence-corrected chi connectivity index (χ0v) is 17.5. The minimum Gasteiger partial charge on any atom is -0.378 e. The summed E-state index contributed by atoms with van der Waals surface area (Å²) in [7, 11) is 0.547. The number of carbonyl (C=O) groups excluding carboxylic acids is 1. The van der Waals surface area contributed by atoms with Gasteiger partial charge in [0.25, 0.3) is 5.91 Å². The molecule has 1 aliphatic rings. The van der Waals surface area contributed by atoms with Crippen LogP contribution in [0.3, 0.4) is 0 Å². The number of sulfonamides is 1. The van der Waals surface area contributed by atoms with Gasteiger partial charge < -0.3 is 4.90 Å². The highest BCUT2D eigenvalue weighted by molar-refractivity contribution is 7.89.